The Morgan fingerprint density at radius 3 is 2.30 bits per heavy atom. The van der Waals surface area contributed by atoms with Crippen molar-refractivity contribution < 1.29 is 17.9 Å². The summed E-state index contributed by atoms with van der Waals surface area (Å²) in [6.07, 6.45) is 1.80. The summed E-state index contributed by atoms with van der Waals surface area (Å²) in [6, 6.07) is 13.3. The van der Waals surface area contributed by atoms with E-state index in [2.05, 4.69) is 4.72 Å². The summed E-state index contributed by atoms with van der Waals surface area (Å²) in [5, 5.41) is 0. The van der Waals surface area contributed by atoms with Gasteiger partial charge in [0.15, 0.2) is 6.29 Å². The number of para-hydroxylation sites is 1. The number of aldehydes is 1. The highest BCUT2D eigenvalue weighted by molar-refractivity contribution is 7.92. The molecule has 0 atom stereocenters. The lowest BCUT2D eigenvalue weighted by Crippen LogP contribution is -2.09. The van der Waals surface area contributed by atoms with Crippen LogP contribution in [0.5, 0.6) is 11.5 Å². The van der Waals surface area contributed by atoms with Crippen molar-refractivity contribution in [1.29, 1.82) is 0 Å². The molecular weight excluding hydrogens is 278 g/mol. The highest BCUT2D eigenvalue weighted by atomic mass is 32.2. The maximum atomic E-state index is 11.1. The highest BCUT2D eigenvalue weighted by Gasteiger charge is 2.05. The van der Waals surface area contributed by atoms with E-state index < -0.39 is 10.0 Å². The van der Waals surface area contributed by atoms with Crippen molar-refractivity contribution >= 4 is 22.0 Å². The van der Waals surface area contributed by atoms with Gasteiger partial charge in [-0.2, -0.15) is 0 Å². The van der Waals surface area contributed by atoms with Crippen LogP contribution in [-0.2, 0) is 10.0 Å². The summed E-state index contributed by atoms with van der Waals surface area (Å²) in [5.74, 6) is 0.963. The molecule has 2 aromatic rings. The van der Waals surface area contributed by atoms with Gasteiger partial charge in [0.05, 0.1) is 11.8 Å². The van der Waals surface area contributed by atoms with Crippen LogP contribution in [0.4, 0.5) is 5.69 Å². The van der Waals surface area contributed by atoms with Crippen LogP contribution in [-0.4, -0.2) is 21.0 Å². The van der Waals surface area contributed by atoms with Gasteiger partial charge in [0.1, 0.15) is 11.5 Å². The number of nitrogens with one attached hydrogen (secondary N) is 1. The third kappa shape index (κ3) is 3.83. The maximum absolute atomic E-state index is 11.1. The predicted octanol–water partition coefficient (Wildman–Crippen LogP) is 2.66. The Bertz CT molecular complexity index is 708. The molecule has 0 fully saturated rings. The van der Waals surface area contributed by atoms with E-state index in [1.165, 1.54) is 0 Å². The molecule has 0 heterocycles. The van der Waals surface area contributed by atoms with Crippen LogP contribution in [0.3, 0.4) is 0 Å². The van der Waals surface area contributed by atoms with Crippen molar-refractivity contribution in [2.24, 2.45) is 0 Å². The molecule has 0 unspecified atom stereocenters. The Morgan fingerprint density at radius 2 is 1.70 bits per heavy atom. The number of carbonyl (C=O) groups excluding carboxylic acids is 1. The molecule has 0 aromatic heterocycles. The van der Waals surface area contributed by atoms with E-state index in [4.69, 9.17) is 4.74 Å². The minimum absolute atomic E-state index is 0.448. The van der Waals surface area contributed by atoms with Crippen molar-refractivity contribution in [3.63, 3.8) is 0 Å². The first-order valence-corrected chi connectivity index (χ1v) is 7.67. The zero-order chi connectivity index (χ0) is 14.6. The van der Waals surface area contributed by atoms with Crippen LogP contribution in [0.2, 0.25) is 0 Å². The predicted molar refractivity (Wildman–Crippen MR) is 76.8 cm³/mol. The van der Waals surface area contributed by atoms with Crippen molar-refractivity contribution in [3.05, 3.63) is 54.1 Å². The molecule has 6 heteroatoms. The molecule has 0 aliphatic carbocycles. The Morgan fingerprint density at radius 1 is 1.05 bits per heavy atom. The van der Waals surface area contributed by atoms with Crippen LogP contribution < -0.4 is 9.46 Å². The van der Waals surface area contributed by atoms with E-state index in [-0.39, 0.29) is 0 Å². The summed E-state index contributed by atoms with van der Waals surface area (Å²) in [5.41, 5.74) is 0.898. The molecule has 104 valence electrons. The molecule has 0 bridgehead atoms. The number of carbonyl (C=O) groups is 1. The summed E-state index contributed by atoms with van der Waals surface area (Å²) >= 11 is 0. The zero-order valence-corrected chi connectivity index (χ0v) is 11.6. The van der Waals surface area contributed by atoms with Crippen molar-refractivity contribution in [2.75, 3.05) is 11.0 Å². The third-order valence-corrected chi connectivity index (χ3v) is 3.04. The molecule has 5 nitrogen and oxygen atoms in total. The first kappa shape index (κ1) is 14.1. The molecule has 1 N–H and O–H groups in total. The topological polar surface area (TPSA) is 72.5 Å². The van der Waals surface area contributed by atoms with Gasteiger partial charge in [-0.1, -0.05) is 12.1 Å². The van der Waals surface area contributed by atoms with Gasteiger partial charge in [-0.3, -0.25) is 9.52 Å². The lowest BCUT2D eigenvalue weighted by atomic mass is 10.2. The van der Waals surface area contributed by atoms with Crippen molar-refractivity contribution in [2.45, 2.75) is 0 Å². The minimum atomic E-state index is -3.30. The second-order valence-corrected chi connectivity index (χ2v) is 5.90. The summed E-state index contributed by atoms with van der Waals surface area (Å²) in [4.78, 5) is 10.9. The van der Waals surface area contributed by atoms with Crippen LogP contribution in [0.1, 0.15) is 10.4 Å². The molecular formula is C14H13NO4S. The molecule has 0 radical (unpaired) electrons. The summed E-state index contributed by atoms with van der Waals surface area (Å²) < 4.78 is 30.1. The summed E-state index contributed by atoms with van der Waals surface area (Å²) in [6.45, 7) is 0. The lowest BCUT2D eigenvalue weighted by molar-refractivity contribution is 0.112. The molecule has 0 saturated carbocycles. The van der Waals surface area contributed by atoms with Gasteiger partial charge in [-0.25, -0.2) is 8.42 Å². The van der Waals surface area contributed by atoms with Crippen LogP contribution in [0.25, 0.3) is 0 Å². The highest BCUT2D eigenvalue weighted by Crippen LogP contribution is 2.25. The molecule has 0 spiro atoms. The van der Waals surface area contributed by atoms with Crippen LogP contribution in [0.15, 0.2) is 48.5 Å². The minimum Gasteiger partial charge on any atom is -0.457 e. The monoisotopic (exact) mass is 291 g/mol. The number of ether oxygens (including phenoxy) is 1. The van der Waals surface area contributed by atoms with Gasteiger partial charge in [0.25, 0.3) is 0 Å². The SMILES string of the molecule is CS(=O)(=O)Nc1ccc(Oc2ccccc2C=O)cc1. The average Bonchev–Trinajstić information content (AvgIpc) is 2.40. The average molecular weight is 291 g/mol. The van der Waals surface area contributed by atoms with Gasteiger partial charge in [0, 0.05) is 5.69 Å². The smallest absolute Gasteiger partial charge is 0.229 e. The maximum Gasteiger partial charge on any atom is 0.229 e. The molecule has 0 amide bonds. The van der Waals surface area contributed by atoms with Gasteiger partial charge in [0.2, 0.25) is 10.0 Å². The number of benzene rings is 2. The second-order valence-electron chi connectivity index (χ2n) is 4.16. The fourth-order valence-corrected chi connectivity index (χ4v) is 2.17. The van der Waals surface area contributed by atoms with Gasteiger partial charge in [-0.05, 0) is 36.4 Å². The standard InChI is InChI=1S/C14H13NO4S/c1-20(17,18)15-12-6-8-13(9-7-12)19-14-5-3-2-4-11(14)10-16/h2-10,15H,1H3. The molecule has 0 saturated heterocycles. The van der Waals surface area contributed by atoms with E-state index in [0.717, 1.165) is 12.5 Å². The second kappa shape index (κ2) is 5.75. The third-order valence-electron chi connectivity index (χ3n) is 2.43. The van der Waals surface area contributed by atoms with E-state index >= 15 is 0 Å². The van der Waals surface area contributed by atoms with Crippen LogP contribution >= 0.6 is 0 Å². The van der Waals surface area contributed by atoms with Crippen molar-refractivity contribution in [3.8, 4) is 11.5 Å². The molecule has 2 rings (SSSR count). The fourth-order valence-electron chi connectivity index (χ4n) is 1.60. The van der Waals surface area contributed by atoms with E-state index in [1.54, 1.807) is 48.5 Å². The Balaban J connectivity index is 2.17. The fraction of sp³-hybridized carbons (Fsp3) is 0.0714. The van der Waals surface area contributed by atoms with Gasteiger partial charge < -0.3 is 4.74 Å². The zero-order valence-electron chi connectivity index (χ0n) is 10.7. The Labute approximate surface area is 117 Å². The molecule has 20 heavy (non-hydrogen) atoms. The molecule has 0 aliphatic heterocycles. The van der Waals surface area contributed by atoms with Gasteiger partial charge >= 0.3 is 0 Å². The van der Waals surface area contributed by atoms with E-state index in [9.17, 15) is 13.2 Å². The molecule has 2 aromatic carbocycles. The van der Waals surface area contributed by atoms with E-state index in [0.29, 0.717) is 22.7 Å². The number of anilines is 1. The van der Waals surface area contributed by atoms with E-state index in [1.807, 2.05) is 0 Å². The lowest BCUT2D eigenvalue weighted by Gasteiger charge is -2.09. The largest absolute Gasteiger partial charge is 0.457 e. The van der Waals surface area contributed by atoms with Crippen LogP contribution in [0, 0.1) is 0 Å². The molecule has 0 aliphatic rings. The van der Waals surface area contributed by atoms with Gasteiger partial charge in [-0.15, -0.1) is 0 Å². The van der Waals surface area contributed by atoms with Crippen molar-refractivity contribution in [1.82, 2.24) is 0 Å². The summed E-state index contributed by atoms with van der Waals surface area (Å²) in [7, 11) is -3.30. The first-order valence-electron chi connectivity index (χ1n) is 5.78. The number of rotatable bonds is 5. The number of sulfonamides is 1. The number of hydrogen-bond acceptors (Lipinski definition) is 4. The quantitative estimate of drug-likeness (QED) is 0.860. The number of hydrogen-bond donors (Lipinski definition) is 1. The Kier molecular flexibility index (Phi) is 4.05. The normalized spacial score (nSPS) is 10.8. The first-order chi connectivity index (χ1) is 9.48. The Hall–Kier alpha value is -2.34.